The van der Waals surface area contributed by atoms with E-state index in [0.29, 0.717) is 0 Å². The Kier molecular flexibility index (Phi) is 4.95. The number of carbonyl (C=O) groups is 1. The number of hydrogen-bond donors (Lipinski definition) is 1. The molecule has 162 valence electrons. The van der Waals surface area contributed by atoms with E-state index in [1.54, 1.807) is 6.20 Å². The highest BCUT2D eigenvalue weighted by Gasteiger charge is 2.36. The summed E-state index contributed by atoms with van der Waals surface area (Å²) < 4.78 is 4.11. The zero-order chi connectivity index (χ0) is 22.5. The van der Waals surface area contributed by atoms with Crippen LogP contribution in [-0.2, 0) is 20.5 Å². The van der Waals surface area contributed by atoms with Gasteiger partial charge in [0.25, 0.3) is 11.5 Å². The van der Waals surface area contributed by atoms with Crippen molar-refractivity contribution in [2.24, 2.45) is 19.5 Å². The molecule has 4 rings (SSSR count). The zero-order valence-corrected chi connectivity index (χ0v) is 18.5. The van der Waals surface area contributed by atoms with Gasteiger partial charge in [-0.1, -0.05) is 31.5 Å². The van der Waals surface area contributed by atoms with Crippen molar-refractivity contribution in [3.05, 3.63) is 79.9 Å². The summed E-state index contributed by atoms with van der Waals surface area (Å²) in [5, 5.41) is 7.64. The van der Waals surface area contributed by atoms with Crippen molar-refractivity contribution < 1.29 is 4.79 Å². The van der Waals surface area contributed by atoms with Gasteiger partial charge in [0.1, 0.15) is 5.69 Å². The van der Waals surface area contributed by atoms with Crippen LogP contribution in [0.1, 0.15) is 53.6 Å². The molecule has 1 N–H and O–H groups in total. The van der Waals surface area contributed by atoms with Gasteiger partial charge in [-0.2, -0.15) is 5.10 Å². The van der Waals surface area contributed by atoms with Gasteiger partial charge < -0.3 is 5.32 Å². The molecular formula is C23H27N5O3. The van der Waals surface area contributed by atoms with Crippen molar-refractivity contribution in [1.29, 1.82) is 0 Å². The smallest absolute Gasteiger partial charge is 0.331 e. The van der Waals surface area contributed by atoms with Crippen molar-refractivity contribution >= 4 is 5.91 Å². The second-order valence-corrected chi connectivity index (χ2v) is 9.13. The number of fused-ring (bicyclic) bond motifs is 1. The SMILES string of the molecule is Cc1ccc(-n2ncc3c2CC(C)(C)CC3NC(=O)c2cc(=O)n(C)c(=O)n2C)cc1. The average Bonchev–Trinajstić information content (AvgIpc) is 3.12. The van der Waals surface area contributed by atoms with E-state index in [9.17, 15) is 14.4 Å². The molecule has 2 aromatic heterocycles. The Bertz CT molecular complexity index is 1280. The van der Waals surface area contributed by atoms with Crippen molar-refractivity contribution in [3.8, 4) is 5.69 Å². The molecule has 0 aliphatic heterocycles. The van der Waals surface area contributed by atoms with Gasteiger partial charge in [0.15, 0.2) is 0 Å². The topological polar surface area (TPSA) is 90.9 Å². The number of aryl methyl sites for hydroxylation is 1. The number of hydrogen-bond acceptors (Lipinski definition) is 4. The van der Waals surface area contributed by atoms with Crippen molar-refractivity contribution in [3.63, 3.8) is 0 Å². The lowest BCUT2D eigenvalue weighted by Crippen LogP contribution is -2.43. The fourth-order valence-electron chi connectivity index (χ4n) is 4.26. The Labute approximate surface area is 180 Å². The number of rotatable bonds is 3. The number of nitrogens with zero attached hydrogens (tertiary/aromatic N) is 4. The van der Waals surface area contributed by atoms with Crippen LogP contribution in [0.4, 0.5) is 0 Å². The molecular weight excluding hydrogens is 394 g/mol. The van der Waals surface area contributed by atoms with E-state index in [1.165, 1.54) is 30.3 Å². The van der Waals surface area contributed by atoms with Crippen LogP contribution < -0.4 is 16.6 Å². The molecule has 0 bridgehead atoms. The molecule has 1 atom stereocenters. The second kappa shape index (κ2) is 7.37. The van der Waals surface area contributed by atoms with Crippen LogP contribution in [0.25, 0.3) is 5.69 Å². The standard InChI is InChI=1S/C23H27N5O3/c1-14-6-8-15(9-7-14)28-19-12-23(2,3)11-17(16(19)13-24-28)25-21(30)18-10-20(29)27(5)22(31)26(18)4/h6-10,13,17H,11-12H2,1-5H3,(H,25,30). The fraction of sp³-hybridized carbons (Fsp3) is 0.391. The maximum atomic E-state index is 13.0. The molecule has 0 saturated heterocycles. The zero-order valence-electron chi connectivity index (χ0n) is 18.5. The minimum Gasteiger partial charge on any atom is -0.344 e. The predicted octanol–water partition coefficient (Wildman–Crippen LogP) is 2.02. The molecule has 1 amide bonds. The Morgan fingerprint density at radius 1 is 1.13 bits per heavy atom. The van der Waals surface area contributed by atoms with Gasteiger partial charge in [-0.3, -0.25) is 18.7 Å². The van der Waals surface area contributed by atoms with E-state index in [0.717, 1.165) is 34.4 Å². The Morgan fingerprint density at radius 3 is 2.48 bits per heavy atom. The van der Waals surface area contributed by atoms with Crippen molar-refractivity contribution in [1.82, 2.24) is 24.2 Å². The molecule has 8 nitrogen and oxygen atoms in total. The highest BCUT2D eigenvalue weighted by molar-refractivity contribution is 5.92. The molecule has 0 saturated carbocycles. The molecule has 1 aliphatic rings. The highest BCUT2D eigenvalue weighted by atomic mass is 16.2. The first-order chi connectivity index (χ1) is 14.6. The van der Waals surface area contributed by atoms with Crippen LogP contribution in [0.5, 0.6) is 0 Å². The minimum absolute atomic E-state index is 0.0453. The Morgan fingerprint density at radius 2 is 1.81 bits per heavy atom. The number of nitrogens with one attached hydrogen (secondary N) is 1. The third-order valence-electron chi connectivity index (χ3n) is 6.02. The van der Waals surface area contributed by atoms with E-state index in [4.69, 9.17) is 0 Å². The molecule has 0 fully saturated rings. The minimum atomic E-state index is -0.533. The quantitative estimate of drug-likeness (QED) is 0.701. The van der Waals surface area contributed by atoms with E-state index in [2.05, 4.69) is 24.3 Å². The highest BCUT2D eigenvalue weighted by Crippen LogP contribution is 2.41. The monoisotopic (exact) mass is 421 g/mol. The number of aromatic nitrogens is 4. The van der Waals surface area contributed by atoms with Crippen LogP contribution in [0.15, 0.2) is 46.1 Å². The molecule has 1 aliphatic carbocycles. The van der Waals surface area contributed by atoms with Gasteiger partial charge in [0, 0.05) is 25.7 Å². The van der Waals surface area contributed by atoms with Gasteiger partial charge in [-0.05, 0) is 37.3 Å². The third-order valence-corrected chi connectivity index (χ3v) is 6.02. The van der Waals surface area contributed by atoms with Gasteiger partial charge in [-0.15, -0.1) is 0 Å². The first-order valence-corrected chi connectivity index (χ1v) is 10.3. The third kappa shape index (κ3) is 3.73. The van der Waals surface area contributed by atoms with Crippen LogP contribution in [-0.4, -0.2) is 24.8 Å². The van der Waals surface area contributed by atoms with Crippen LogP contribution >= 0.6 is 0 Å². The van der Waals surface area contributed by atoms with Crippen LogP contribution in [0, 0.1) is 12.3 Å². The van der Waals surface area contributed by atoms with Gasteiger partial charge in [0.05, 0.1) is 23.6 Å². The molecule has 1 aromatic carbocycles. The van der Waals surface area contributed by atoms with E-state index in [-0.39, 0.29) is 17.2 Å². The number of carbonyl (C=O) groups excluding carboxylic acids is 1. The molecule has 31 heavy (non-hydrogen) atoms. The first kappa shape index (κ1) is 20.8. The fourth-order valence-corrected chi connectivity index (χ4v) is 4.26. The summed E-state index contributed by atoms with van der Waals surface area (Å²) in [6.07, 6.45) is 3.36. The van der Waals surface area contributed by atoms with E-state index < -0.39 is 17.2 Å². The molecule has 0 spiro atoms. The summed E-state index contributed by atoms with van der Waals surface area (Å²) in [7, 11) is 2.88. The summed E-state index contributed by atoms with van der Waals surface area (Å²) in [5.74, 6) is -0.450. The summed E-state index contributed by atoms with van der Waals surface area (Å²) in [4.78, 5) is 37.3. The lowest BCUT2D eigenvalue weighted by molar-refractivity contribution is 0.0908. The first-order valence-electron chi connectivity index (χ1n) is 10.3. The molecule has 8 heteroatoms. The number of benzene rings is 1. The van der Waals surface area contributed by atoms with Crippen LogP contribution in [0.2, 0.25) is 0 Å². The van der Waals surface area contributed by atoms with Crippen LogP contribution in [0.3, 0.4) is 0 Å². The molecule has 2 heterocycles. The largest absolute Gasteiger partial charge is 0.344 e. The Hall–Kier alpha value is -3.42. The second-order valence-electron chi connectivity index (χ2n) is 9.13. The summed E-state index contributed by atoms with van der Waals surface area (Å²) in [6, 6.07) is 9.09. The maximum Gasteiger partial charge on any atom is 0.331 e. The van der Waals surface area contributed by atoms with Crippen molar-refractivity contribution in [2.75, 3.05) is 0 Å². The van der Waals surface area contributed by atoms with Gasteiger partial charge in [0.2, 0.25) is 0 Å². The van der Waals surface area contributed by atoms with Crippen molar-refractivity contribution in [2.45, 2.75) is 39.7 Å². The maximum absolute atomic E-state index is 13.0. The van der Waals surface area contributed by atoms with Gasteiger partial charge >= 0.3 is 5.69 Å². The Balaban J connectivity index is 1.71. The predicted molar refractivity (Wildman–Crippen MR) is 118 cm³/mol. The van der Waals surface area contributed by atoms with E-state index in [1.807, 2.05) is 35.9 Å². The summed E-state index contributed by atoms with van der Waals surface area (Å²) in [6.45, 7) is 6.37. The lowest BCUT2D eigenvalue weighted by atomic mass is 9.74. The number of amides is 1. The molecule has 0 radical (unpaired) electrons. The molecule has 1 unspecified atom stereocenters. The lowest BCUT2D eigenvalue weighted by Gasteiger charge is -2.36. The summed E-state index contributed by atoms with van der Waals surface area (Å²) >= 11 is 0. The normalized spacial score (nSPS) is 17.3. The van der Waals surface area contributed by atoms with Gasteiger partial charge in [-0.25, -0.2) is 9.48 Å². The summed E-state index contributed by atoms with van der Waals surface area (Å²) in [5.41, 5.74) is 3.11. The molecule has 3 aromatic rings. The van der Waals surface area contributed by atoms with E-state index >= 15 is 0 Å². The average molecular weight is 422 g/mol.